The number of anilines is 2. The molecule has 10 heteroatoms. The average Bonchev–Trinajstić information content (AvgIpc) is 2.58. The van der Waals surface area contributed by atoms with Gasteiger partial charge in [0.1, 0.15) is 6.04 Å². The van der Waals surface area contributed by atoms with Crippen LogP contribution in [0.2, 0.25) is 5.02 Å². The Kier molecular flexibility index (Phi) is 6.89. The molecule has 1 aromatic carbocycles. The van der Waals surface area contributed by atoms with Gasteiger partial charge >= 0.3 is 5.97 Å². The normalized spacial score (nSPS) is 11.9. The van der Waals surface area contributed by atoms with Gasteiger partial charge in [-0.3, -0.25) is 4.79 Å². The highest BCUT2D eigenvalue weighted by Gasteiger charge is 2.24. The predicted octanol–water partition coefficient (Wildman–Crippen LogP) is 1.58. The van der Waals surface area contributed by atoms with E-state index in [0.717, 1.165) is 0 Å². The Morgan fingerprint density at radius 2 is 1.70 bits per heavy atom. The molecule has 0 radical (unpaired) electrons. The third-order valence-electron chi connectivity index (χ3n) is 3.46. The molecule has 0 saturated carbocycles. The molecule has 0 saturated heterocycles. The van der Waals surface area contributed by atoms with Gasteiger partial charge < -0.3 is 21.5 Å². The second kappa shape index (κ2) is 9.13. The van der Waals surface area contributed by atoms with E-state index in [1.54, 1.807) is 24.3 Å². The van der Waals surface area contributed by atoms with Crippen LogP contribution in [0, 0.1) is 5.92 Å². The number of nitrogens with one attached hydrogen (secondary N) is 1. The number of nitrogen functional groups attached to an aromatic ring is 2. The number of halogens is 1. The van der Waals surface area contributed by atoms with Gasteiger partial charge in [0.05, 0.1) is 0 Å². The van der Waals surface area contributed by atoms with Crippen molar-refractivity contribution in [3.63, 3.8) is 0 Å². The molecule has 0 fully saturated rings. The zero-order chi connectivity index (χ0) is 20.0. The van der Waals surface area contributed by atoms with Gasteiger partial charge in [0, 0.05) is 10.6 Å². The van der Waals surface area contributed by atoms with Crippen LogP contribution < -0.4 is 16.8 Å². The first-order valence-electron chi connectivity index (χ1n) is 8.23. The summed E-state index contributed by atoms with van der Waals surface area (Å²) in [7, 11) is 0. The Morgan fingerprint density at radius 1 is 1.11 bits per heavy atom. The molecule has 0 unspecified atom stereocenters. The third kappa shape index (κ3) is 6.37. The van der Waals surface area contributed by atoms with Gasteiger partial charge in [-0.05, 0) is 36.6 Å². The number of benzene rings is 1. The van der Waals surface area contributed by atoms with Gasteiger partial charge in [-0.25, -0.2) is 4.79 Å². The summed E-state index contributed by atoms with van der Waals surface area (Å²) in [6.07, 6.45) is 0.402. The highest BCUT2D eigenvalue weighted by Crippen LogP contribution is 2.12. The molecule has 0 aliphatic heterocycles. The molecule has 9 nitrogen and oxygen atoms in total. The van der Waals surface area contributed by atoms with Gasteiger partial charge in [-0.2, -0.15) is 15.0 Å². The maximum absolute atomic E-state index is 12.5. The molecule has 27 heavy (non-hydrogen) atoms. The topological polar surface area (TPSA) is 146 Å². The lowest BCUT2D eigenvalue weighted by Gasteiger charge is -2.19. The number of hydrogen-bond acceptors (Lipinski definition) is 8. The summed E-state index contributed by atoms with van der Waals surface area (Å²) in [5.74, 6) is -0.865. The number of ether oxygens (including phenoxy) is 1. The van der Waals surface area contributed by atoms with Crippen molar-refractivity contribution >= 4 is 35.4 Å². The fraction of sp³-hybridized carbons (Fsp3) is 0.353. The molecular weight excluding hydrogens is 372 g/mol. The monoisotopic (exact) mass is 392 g/mol. The number of carbonyl (C=O) groups excluding carboxylic acids is 2. The van der Waals surface area contributed by atoms with E-state index >= 15 is 0 Å². The average molecular weight is 393 g/mol. The summed E-state index contributed by atoms with van der Waals surface area (Å²) < 4.78 is 5.22. The van der Waals surface area contributed by atoms with Crippen LogP contribution in [0.25, 0.3) is 0 Å². The second-order valence-electron chi connectivity index (χ2n) is 6.24. The molecule has 1 aromatic heterocycles. The first kappa shape index (κ1) is 20.4. The van der Waals surface area contributed by atoms with E-state index in [1.807, 2.05) is 13.8 Å². The summed E-state index contributed by atoms with van der Waals surface area (Å²) in [5.41, 5.74) is 11.4. The Bertz CT molecular complexity index is 793. The molecule has 0 aliphatic rings. The van der Waals surface area contributed by atoms with E-state index in [0.29, 0.717) is 17.0 Å². The molecule has 0 aliphatic carbocycles. The van der Waals surface area contributed by atoms with E-state index in [9.17, 15) is 9.59 Å². The Labute approximate surface area is 161 Å². The van der Waals surface area contributed by atoms with Crippen LogP contribution >= 0.6 is 11.6 Å². The summed E-state index contributed by atoms with van der Waals surface area (Å²) in [4.78, 5) is 36.2. The van der Waals surface area contributed by atoms with Gasteiger partial charge in [0.2, 0.25) is 11.9 Å². The molecule has 0 spiro atoms. The molecule has 1 atom stereocenters. The molecule has 2 aromatic rings. The van der Waals surface area contributed by atoms with Crippen molar-refractivity contribution in [2.24, 2.45) is 5.92 Å². The van der Waals surface area contributed by atoms with E-state index in [2.05, 4.69) is 20.3 Å². The molecule has 0 bridgehead atoms. The van der Waals surface area contributed by atoms with Crippen molar-refractivity contribution < 1.29 is 14.3 Å². The maximum Gasteiger partial charge on any atom is 0.329 e. The van der Waals surface area contributed by atoms with E-state index in [4.69, 9.17) is 27.8 Å². The Balaban J connectivity index is 2.04. The van der Waals surface area contributed by atoms with Crippen LogP contribution in [0.15, 0.2) is 24.3 Å². The van der Waals surface area contributed by atoms with Crippen molar-refractivity contribution in [3.05, 3.63) is 40.7 Å². The van der Waals surface area contributed by atoms with Crippen LogP contribution in [0.4, 0.5) is 11.9 Å². The number of rotatable bonds is 7. The lowest BCUT2D eigenvalue weighted by atomic mass is 10.0. The number of nitrogens with zero attached hydrogens (tertiary/aromatic N) is 3. The first-order chi connectivity index (χ1) is 12.7. The van der Waals surface area contributed by atoms with E-state index < -0.39 is 17.9 Å². The van der Waals surface area contributed by atoms with Gasteiger partial charge in [0.25, 0.3) is 5.91 Å². The molecular formula is C17H21ClN6O3. The molecule has 144 valence electrons. The first-order valence-corrected chi connectivity index (χ1v) is 8.61. The van der Waals surface area contributed by atoms with Crippen LogP contribution in [-0.4, -0.2) is 32.9 Å². The number of hydrogen-bond donors (Lipinski definition) is 3. The minimum absolute atomic E-state index is 0.0664. The summed E-state index contributed by atoms with van der Waals surface area (Å²) in [5, 5.41) is 3.20. The Morgan fingerprint density at radius 3 is 2.26 bits per heavy atom. The highest BCUT2D eigenvalue weighted by molar-refractivity contribution is 6.30. The quantitative estimate of drug-likeness (QED) is 0.602. The fourth-order valence-electron chi connectivity index (χ4n) is 2.29. The fourth-order valence-corrected chi connectivity index (χ4v) is 2.41. The van der Waals surface area contributed by atoms with Gasteiger partial charge in [0.15, 0.2) is 12.4 Å². The Hall–Kier alpha value is -2.94. The molecule has 1 heterocycles. The van der Waals surface area contributed by atoms with Gasteiger partial charge in [-0.1, -0.05) is 25.4 Å². The van der Waals surface area contributed by atoms with Crippen molar-refractivity contribution in [3.8, 4) is 0 Å². The third-order valence-corrected chi connectivity index (χ3v) is 3.72. The SMILES string of the molecule is CC(C)C[C@H](NC(=O)c1ccc(Cl)cc1)C(=O)OCc1nc(N)nc(N)n1. The van der Waals surface area contributed by atoms with Crippen molar-refractivity contribution in [1.29, 1.82) is 0 Å². The highest BCUT2D eigenvalue weighted by atomic mass is 35.5. The molecule has 1 amide bonds. The summed E-state index contributed by atoms with van der Waals surface area (Å²) >= 11 is 5.82. The number of amides is 1. The predicted molar refractivity (Wildman–Crippen MR) is 101 cm³/mol. The van der Waals surface area contributed by atoms with Crippen LogP contribution in [0.5, 0.6) is 0 Å². The number of carbonyl (C=O) groups is 2. The largest absolute Gasteiger partial charge is 0.456 e. The van der Waals surface area contributed by atoms with E-state index in [1.165, 1.54) is 0 Å². The smallest absolute Gasteiger partial charge is 0.329 e. The molecule has 5 N–H and O–H groups in total. The van der Waals surface area contributed by atoms with Crippen molar-refractivity contribution in [2.75, 3.05) is 11.5 Å². The second-order valence-corrected chi connectivity index (χ2v) is 6.67. The maximum atomic E-state index is 12.5. The van der Waals surface area contributed by atoms with Gasteiger partial charge in [-0.15, -0.1) is 0 Å². The van der Waals surface area contributed by atoms with E-state index in [-0.39, 0.29) is 30.2 Å². The number of aromatic nitrogens is 3. The number of nitrogens with two attached hydrogens (primary N) is 2. The lowest BCUT2D eigenvalue weighted by molar-refractivity contribution is -0.148. The van der Waals surface area contributed by atoms with Crippen molar-refractivity contribution in [1.82, 2.24) is 20.3 Å². The minimum Gasteiger partial charge on any atom is -0.456 e. The zero-order valence-electron chi connectivity index (χ0n) is 15.0. The van der Waals surface area contributed by atoms with Crippen LogP contribution in [0.1, 0.15) is 36.5 Å². The van der Waals surface area contributed by atoms with Crippen LogP contribution in [-0.2, 0) is 16.1 Å². The van der Waals surface area contributed by atoms with Crippen LogP contribution in [0.3, 0.4) is 0 Å². The number of esters is 1. The zero-order valence-corrected chi connectivity index (χ0v) is 15.7. The minimum atomic E-state index is -0.829. The summed E-state index contributed by atoms with van der Waals surface area (Å²) in [6, 6.07) is 5.52. The lowest BCUT2D eigenvalue weighted by Crippen LogP contribution is -2.42. The van der Waals surface area contributed by atoms with Crippen molar-refractivity contribution in [2.45, 2.75) is 32.9 Å². The summed E-state index contributed by atoms with van der Waals surface area (Å²) in [6.45, 7) is 3.63. The molecule has 2 rings (SSSR count). The standard InChI is InChI=1S/C17H21ClN6O3/c1-9(2)7-12(21-14(25)10-3-5-11(18)6-4-10)15(26)27-8-13-22-16(19)24-17(20)23-13/h3-6,9,12H,7-8H2,1-2H3,(H,21,25)(H4,19,20,22,23,24)/t12-/m0/s1.